The summed E-state index contributed by atoms with van der Waals surface area (Å²) in [5.41, 5.74) is 3.89. The zero-order chi connectivity index (χ0) is 26.7. The number of halogens is 1. The molecule has 1 aliphatic rings. The third-order valence-electron chi connectivity index (χ3n) is 5.36. The molecule has 1 fully saturated rings. The molecule has 0 bridgehead atoms. The van der Waals surface area contributed by atoms with Gasteiger partial charge >= 0.3 is 12.7 Å². The molecule has 0 aliphatic carbocycles. The molecule has 1 aliphatic heterocycles. The average Bonchev–Trinajstić information content (AvgIpc) is 3.31. The molecule has 3 rings (SSSR count). The van der Waals surface area contributed by atoms with E-state index in [1.54, 1.807) is 20.8 Å². The Hall–Kier alpha value is -2.03. The fraction of sp³-hybridized carbons (Fsp3) is 0.700. The van der Waals surface area contributed by atoms with Crippen molar-refractivity contribution in [2.75, 3.05) is 31.3 Å². The summed E-state index contributed by atoms with van der Waals surface area (Å²) in [6.07, 6.45) is -2.91. The lowest BCUT2D eigenvalue weighted by atomic mass is 9.98. The maximum atomic E-state index is 15.8. The normalized spacial score (nSPS) is 26.6. The predicted octanol–water partition coefficient (Wildman–Crippen LogP) is 2.21. The Morgan fingerprint density at radius 1 is 1.42 bits per heavy atom. The lowest BCUT2D eigenvalue weighted by Gasteiger charge is -2.25. The Labute approximate surface area is 211 Å². The second kappa shape index (κ2) is 11.6. The minimum absolute atomic E-state index is 0.106. The van der Waals surface area contributed by atoms with Gasteiger partial charge in [-0.15, -0.1) is 0 Å². The number of imidazole rings is 1. The average molecular weight is 551 g/mol. The number of aliphatic hydroxyl groups excluding tert-OH is 1. The van der Waals surface area contributed by atoms with E-state index >= 15 is 4.39 Å². The van der Waals surface area contributed by atoms with Gasteiger partial charge in [0, 0.05) is 5.75 Å². The summed E-state index contributed by atoms with van der Waals surface area (Å²) in [5, 5.41) is 13.4. The smallest absolute Gasteiger partial charge is 0.327 e. The van der Waals surface area contributed by atoms with Crippen LogP contribution in [0, 0.1) is 0 Å². The highest BCUT2D eigenvalue weighted by Crippen LogP contribution is 2.57. The summed E-state index contributed by atoms with van der Waals surface area (Å²) in [7, 11) is 0. The number of aromatic nitrogens is 4. The molecular weight excluding hydrogens is 518 g/mol. The van der Waals surface area contributed by atoms with E-state index in [9.17, 15) is 14.5 Å². The molecule has 4 N–H and O–H groups in total. The summed E-state index contributed by atoms with van der Waals surface area (Å²) in [5.74, 6) is -0.156. The number of aliphatic hydroxyl groups is 1. The van der Waals surface area contributed by atoms with Gasteiger partial charge in [0.1, 0.15) is 18.2 Å². The number of esters is 1. The fourth-order valence-electron chi connectivity index (χ4n) is 3.68. The Morgan fingerprint density at radius 3 is 2.78 bits per heavy atom. The van der Waals surface area contributed by atoms with E-state index in [-0.39, 0.29) is 29.6 Å². The number of fused-ring (bicyclic) bond motifs is 1. The number of alkyl halides is 1. The van der Waals surface area contributed by atoms with E-state index in [0.717, 1.165) is 11.4 Å². The topological polar surface area (TPSA) is 173 Å². The van der Waals surface area contributed by atoms with Gasteiger partial charge < -0.3 is 29.6 Å². The van der Waals surface area contributed by atoms with Gasteiger partial charge in [-0.2, -0.15) is 9.97 Å². The minimum atomic E-state index is -3.63. The van der Waals surface area contributed by atoms with Crippen molar-refractivity contribution in [3.8, 4) is 5.88 Å². The van der Waals surface area contributed by atoms with Gasteiger partial charge in [-0.3, -0.25) is 13.9 Å². The zero-order valence-corrected chi connectivity index (χ0v) is 22.4. The van der Waals surface area contributed by atoms with Gasteiger partial charge in [-0.05, 0) is 27.7 Å². The number of nitrogens with one attached hydrogen (secondary N) is 1. The first-order valence-corrected chi connectivity index (χ1v) is 14.7. The van der Waals surface area contributed by atoms with Gasteiger partial charge in [0.2, 0.25) is 11.8 Å². The van der Waals surface area contributed by atoms with Crippen LogP contribution in [0.5, 0.6) is 5.88 Å². The summed E-state index contributed by atoms with van der Waals surface area (Å²) >= 11 is 0.959. The third-order valence-corrected chi connectivity index (χ3v) is 9.57. The van der Waals surface area contributed by atoms with Gasteiger partial charge in [0.05, 0.1) is 26.1 Å². The van der Waals surface area contributed by atoms with Crippen molar-refractivity contribution < 1.29 is 37.6 Å². The van der Waals surface area contributed by atoms with E-state index < -0.39 is 49.4 Å². The first kappa shape index (κ1) is 28.5. The molecule has 2 aromatic heterocycles. The number of rotatable bonds is 12. The second-order valence-electron chi connectivity index (χ2n) is 8.08. The van der Waals surface area contributed by atoms with Gasteiger partial charge in [-0.1, -0.05) is 18.3 Å². The number of ether oxygens (including phenoxy) is 3. The van der Waals surface area contributed by atoms with Crippen LogP contribution in [0.4, 0.5) is 10.3 Å². The summed E-state index contributed by atoms with van der Waals surface area (Å²) in [6.45, 7) is 4.27. The molecule has 16 heteroatoms. The van der Waals surface area contributed by atoms with E-state index in [1.807, 2.05) is 0 Å². The molecular formula is C20H32FN6O7PS. The van der Waals surface area contributed by atoms with Gasteiger partial charge in [0.15, 0.2) is 23.1 Å². The highest BCUT2D eigenvalue weighted by atomic mass is 32.7. The van der Waals surface area contributed by atoms with Crippen molar-refractivity contribution >= 4 is 41.2 Å². The highest BCUT2D eigenvalue weighted by molar-refractivity contribution is 8.56. The SMILES string of the molecule is CCOC(=O)[C@H](C)N[P@](=O)(OC[C@H]1O[C@@H](n2cnc3c(OCC)nc(N)nc32)[C@](C)(F)[C@@H]1O)SCC. The van der Waals surface area contributed by atoms with Crippen molar-refractivity contribution in [1.29, 1.82) is 0 Å². The zero-order valence-electron chi connectivity index (χ0n) is 20.7. The van der Waals surface area contributed by atoms with Crippen molar-refractivity contribution in [2.45, 2.75) is 64.8 Å². The molecule has 0 aromatic carbocycles. The molecule has 202 valence electrons. The Balaban J connectivity index is 1.81. The molecule has 36 heavy (non-hydrogen) atoms. The van der Waals surface area contributed by atoms with E-state index in [0.29, 0.717) is 12.4 Å². The number of nitrogen functional groups attached to an aromatic ring is 1. The van der Waals surface area contributed by atoms with Crippen LogP contribution in [0.1, 0.15) is 40.8 Å². The summed E-state index contributed by atoms with van der Waals surface area (Å²) in [6, 6.07) is -0.912. The van der Waals surface area contributed by atoms with Gasteiger partial charge in [0.25, 0.3) is 0 Å². The minimum Gasteiger partial charge on any atom is -0.476 e. The molecule has 0 radical (unpaired) electrons. The van der Waals surface area contributed by atoms with Crippen LogP contribution in [0.15, 0.2) is 6.33 Å². The Bertz CT molecular complexity index is 1120. The van der Waals surface area contributed by atoms with Crippen LogP contribution in [-0.4, -0.2) is 80.1 Å². The van der Waals surface area contributed by atoms with Crippen LogP contribution >= 0.6 is 18.1 Å². The molecule has 3 heterocycles. The third kappa shape index (κ3) is 5.92. The van der Waals surface area contributed by atoms with E-state index in [2.05, 4.69) is 20.0 Å². The molecule has 0 amide bonds. The van der Waals surface area contributed by atoms with Crippen molar-refractivity contribution in [1.82, 2.24) is 24.6 Å². The monoisotopic (exact) mass is 550 g/mol. The van der Waals surface area contributed by atoms with Crippen LogP contribution < -0.4 is 15.6 Å². The predicted molar refractivity (Wildman–Crippen MR) is 131 cm³/mol. The Kier molecular flexibility index (Phi) is 9.17. The quantitative estimate of drug-likeness (QED) is 0.260. The van der Waals surface area contributed by atoms with Crippen LogP contribution in [0.25, 0.3) is 11.2 Å². The maximum Gasteiger partial charge on any atom is 0.327 e. The number of nitrogens with two attached hydrogens (primary N) is 1. The number of nitrogens with zero attached hydrogens (tertiary/aromatic N) is 4. The lowest BCUT2D eigenvalue weighted by Crippen LogP contribution is -2.41. The van der Waals surface area contributed by atoms with Crippen molar-refractivity contribution in [3.05, 3.63) is 6.33 Å². The number of hydrogen-bond donors (Lipinski definition) is 3. The van der Waals surface area contributed by atoms with Crippen LogP contribution in [0.2, 0.25) is 0 Å². The molecule has 0 unspecified atom stereocenters. The van der Waals surface area contributed by atoms with E-state index in [4.69, 9.17) is 24.5 Å². The lowest BCUT2D eigenvalue weighted by molar-refractivity contribution is -0.144. The first-order valence-electron chi connectivity index (χ1n) is 11.5. The standard InChI is InChI=1S/C20H32FN6O7PS/c1-6-31-16-13-15(24-19(22)25-16)27(10-23-13)18-20(5,21)14(28)12(34-18)9-33-35(30,36-8-3)26-11(4)17(29)32-7-2/h10-12,14,18,28H,6-9H2,1-5H3,(H,26,30)(H2,22,24,25)/t11-,12+,14+,18+,20+,35-/m0/s1. The van der Waals surface area contributed by atoms with Gasteiger partial charge in [-0.25, -0.2) is 14.5 Å². The summed E-state index contributed by atoms with van der Waals surface area (Å²) in [4.78, 5) is 24.3. The van der Waals surface area contributed by atoms with Crippen LogP contribution in [0.3, 0.4) is 0 Å². The number of carbonyl (C=O) groups is 1. The molecule has 1 saturated heterocycles. The first-order chi connectivity index (χ1) is 17.0. The number of anilines is 1. The molecule has 2 aromatic rings. The fourth-order valence-corrected chi connectivity index (χ4v) is 7.29. The highest BCUT2D eigenvalue weighted by Gasteiger charge is 2.56. The summed E-state index contributed by atoms with van der Waals surface area (Å²) < 4.78 is 52.2. The number of carbonyl (C=O) groups excluding carboxylic acids is 1. The van der Waals surface area contributed by atoms with Crippen LogP contribution in [-0.2, 0) is 23.4 Å². The van der Waals surface area contributed by atoms with Crippen molar-refractivity contribution in [2.24, 2.45) is 0 Å². The molecule has 0 saturated carbocycles. The Morgan fingerprint density at radius 2 is 2.14 bits per heavy atom. The maximum absolute atomic E-state index is 15.8. The largest absolute Gasteiger partial charge is 0.476 e. The van der Waals surface area contributed by atoms with Crippen molar-refractivity contribution in [3.63, 3.8) is 0 Å². The number of hydrogen-bond acceptors (Lipinski definition) is 12. The molecule has 6 atom stereocenters. The van der Waals surface area contributed by atoms with E-state index in [1.165, 1.54) is 24.7 Å². The molecule has 0 spiro atoms. The molecule has 13 nitrogen and oxygen atoms in total. The second-order valence-corrected chi connectivity index (χ2v) is 12.6.